The average Bonchev–Trinajstić information content (AvgIpc) is 3.21. The molecule has 34 heavy (non-hydrogen) atoms. The van der Waals surface area contributed by atoms with Crippen LogP contribution in [0, 0.1) is 12.7 Å². The van der Waals surface area contributed by atoms with Gasteiger partial charge in [0.1, 0.15) is 11.6 Å². The highest BCUT2D eigenvalue weighted by Gasteiger charge is 2.27. The van der Waals surface area contributed by atoms with Crippen molar-refractivity contribution in [2.24, 2.45) is 0 Å². The number of anilines is 2. The van der Waals surface area contributed by atoms with E-state index in [0.717, 1.165) is 19.3 Å². The molecule has 2 aromatic carbocycles. The van der Waals surface area contributed by atoms with Crippen molar-refractivity contribution in [1.29, 1.82) is 0 Å². The minimum absolute atomic E-state index is 0.0872. The Labute approximate surface area is 198 Å². The first kappa shape index (κ1) is 23.8. The number of carbonyl (C=O) groups is 1. The predicted molar refractivity (Wildman–Crippen MR) is 127 cm³/mol. The van der Waals surface area contributed by atoms with Gasteiger partial charge in [-0.05, 0) is 62.2 Å². The van der Waals surface area contributed by atoms with E-state index >= 15 is 0 Å². The lowest BCUT2D eigenvalue weighted by atomic mass is 10.2. The van der Waals surface area contributed by atoms with Gasteiger partial charge in [0, 0.05) is 27.2 Å². The Bertz CT molecular complexity index is 1300. The first-order chi connectivity index (χ1) is 16.2. The number of benzene rings is 2. The van der Waals surface area contributed by atoms with Gasteiger partial charge in [-0.15, -0.1) is 5.10 Å². The summed E-state index contributed by atoms with van der Waals surface area (Å²) in [6, 6.07) is 10.4. The molecule has 0 radical (unpaired) electrons. The molecule has 0 unspecified atom stereocenters. The van der Waals surface area contributed by atoms with Crippen molar-refractivity contribution in [2.75, 3.05) is 37.4 Å². The van der Waals surface area contributed by atoms with Gasteiger partial charge in [-0.25, -0.2) is 22.5 Å². The van der Waals surface area contributed by atoms with E-state index in [9.17, 15) is 17.6 Å². The van der Waals surface area contributed by atoms with Crippen LogP contribution in [0.15, 0.2) is 47.4 Å². The summed E-state index contributed by atoms with van der Waals surface area (Å²) < 4.78 is 42.5. The van der Waals surface area contributed by atoms with Crippen LogP contribution in [0.25, 0.3) is 5.69 Å². The lowest BCUT2D eigenvalue weighted by Crippen LogP contribution is -2.35. The molecule has 1 saturated heterocycles. The highest BCUT2D eigenvalue weighted by Crippen LogP contribution is 2.30. The van der Waals surface area contributed by atoms with Crippen molar-refractivity contribution >= 4 is 27.3 Å². The number of carbonyl (C=O) groups excluding carboxylic acids is 1. The molecule has 1 fully saturated rings. The molecule has 0 aliphatic carbocycles. The number of aromatic nitrogens is 3. The van der Waals surface area contributed by atoms with Crippen LogP contribution in [-0.2, 0) is 10.0 Å². The summed E-state index contributed by atoms with van der Waals surface area (Å²) in [4.78, 5) is 19.1. The molecule has 2 heterocycles. The van der Waals surface area contributed by atoms with E-state index in [1.165, 1.54) is 39.3 Å². The Hall–Kier alpha value is -3.31. The first-order valence-corrected chi connectivity index (χ1v) is 12.4. The third-order valence-corrected chi connectivity index (χ3v) is 7.59. The van der Waals surface area contributed by atoms with Crippen LogP contribution in [0.4, 0.5) is 15.8 Å². The number of piperidine rings is 1. The van der Waals surface area contributed by atoms with Crippen LogP contribution in [0.1, 0.15) is 35.7 Å². The first-order valence-electron chi connectivity index (χ1n) is 11.0. The fourth-order valence-electron chi connectivity index (χ4n) is 3.91. The highest BCUT2D eigenvalue weighted by atomic mass is 32.2. The zero-order chi connectivity index (χ0) is 24.5. The monoisotopic (exact) mass is 486 g/mol. The molecule has 9 nitrogen and oxygen atoms in total. The summed E-state index contributed by atoms with van der Waals surface area (Å²) in [6.07, 6.45) is 2.69. The smallest absolute Gasteiger partial charge is 0.295 e. The minimum atomic E-state index is -3.67. The largest absolute Gasteiger partial charge is 0.376 e. The second-order valence-corrected chi connectivity index (χ2v) is 10.3. The van der Waals surface area contributed by atoms with E-state index < -0.39 is 15.9 Å². The Balaban J connectivity index is 1.64. The summed E-state index contributed by atoms with van der Waals surface area (Å²) in [7, 11) is -0.0700. The maximum absolute atomic E-state index is 13.3. The Morgan fingerprint density at radius 2 is 1.74 bits per heavy atom. The number of amides is 1. The van der Waals surface area contributed by atoms with E-state index in [1.807, 2.05) is 0 Å². The molecule has 0 bridgehead atoms. The van der Waals surface area contributed by atoms with Gasteiger partial charge in [0.2, 0.25) is 15.8 Å². The molecule has 1 N–H and O–H groups in total. The Morgan fingerprint density at radius 1 is 1.06 bits per heavy atom. The zero-order valence-electron chi connectivity index (χ0n) is 19.3. The van der Waals surface area contributed by atoms with Gasteiger partial charge in [0.25, 0.3) is 5.91 Å². The van der Waals surface area contributed by atoms with E-state index in [0.29, 0.717) is 36.0 Å². The van der Waals surface area contributed by atoms with Crippen molar-refractivity contribution in [3.8, 4) is 5.69 Å². The van der Waals surface area contributed by atoms with Crippen molar-refractivity contribution < 1.29 is 17.6 Å². The molecule has 4 rings (SSSR count). The van der Waals surface area contributed by atoms with E-state index in [2.05, 4.69) is 15.4 Å². The minimum Gasteiger partial charge on any atom is -0.376 e. The molecular weight excluding hydrogens is 459 g/mol. The summed E-state index contributed by atoms with van der Waals surface area (Å²) >= 11 is 0. The predicted octanol–water partition coefficient (Wildman–Crippen LogP) is 3.21. The number of nitrogens with zero attached hydrogens (tertiary/aromatic N) is 5. The zero-order valence-corrected chi connectivity index (χ0v) is 20.1. The molecule has 3 aromatic rings. The normalized spacial score (nSPS) is 14.7. The SMILES string of the molecule is Cc1nc(C(=O)Nc2cc(S(=O)(=O)N3CCCCC3)ccc2N(C)C)nn1-c1ccc(F)cc1. The van der Waals surface area contributed by atoms with Crippen molar-refractivity contribution in [3.05, 3.63) is 59.9 Å². The summed E-state index contributed by atoms with van der Waals surface area (Å²) in [6.45, 7) is 2.66. The van der Waals surface area contributed by atoms with E-state index in [4.69, 9.17) is 0 Å². The molecule has 11 heteroatoms. The lowest BCUT2D eigenvalue weighted by molar-refractivity contribution is 0.101. The second kappa shape index (κ2) is 9.51. The van der Waals surface area contributed by atoms with Crippen molar-refractivity contribution in [2.45, 2.75) is 31.1 Å². The van der Waals surface area contributed by atoms with Crippen molar-refractivity contribution in [1.82, 2.24) is 19.1 Å². The standard InChI is InChI=1S/C23H27FN6O3S/c1-16-25-22(27-30(16)18-9-7-17(24)8-10-18)23(31)26-20-15-19(11-12-21(20)28(2)3)34(32,33)29-13-5-4-6-14-29/h7-12,15H,4-6,13-14H2,1-3H3,(H,26,31). The van der Waals surface area contributed by atoms with Crippen LogP contribution < -0.4 is 10.2 Å². The van der Waals surface area contributed by atoms with Crippen LogP contribution in [0.5, 0.6) is 0 Å². The third kappa shape index (κ3) is 4.80. The number of hydrogen-bond acceptors (Lipinski definition) is 6. The molecule has 1 amide bonds. The van der Waals surface area contributed by atoms with Gasteiger partial charge < -0.3 is 10.2 Å². The number of halogens is 1. The topological polar surface area (TPSA) is 100 Å². The molecule has 180 valence electrons. The molecule has 0 saturated carbocycles. The number of hydrogen-bond donors (Lipinski definition) is 1. The summed E-state index contributed by atoms with van der Waals surface area (Å²) in [5.41, 5.74) is 1.54. The molecule has 1 aliphatic heterocycles. The van der Waals surface area contributed by atoms with Crippen LogP contribution in [0.2, 0.25) is 0 Å². The molecule has 1 aromatic heterocycles. The summed E-state index contributed by atoms with van der Waals surface area (Å²) in [5, 5.41) is 7.02. The van der Waals surface area contributed by atoms with E-state index in [1.54, 1.807) is 38.1 Å². The third-order valence-electron chi connectivity index (χ3n) is 5.69. The molecule has 0 atom stereocenters. The van der Waals surface area contributed by atoms with Gasteiger partial charge in [0.15, 0.2) is 0 Å². The van der Waals surface area contributed by atoms with Crippen LogP contribution >= 0.6 is 0 Å². The van der Waals surface area contributed by atoms with Crippen LogP contribution in [0.3, 0.4) is 0 Å². The Morgan fingerprint density at radius 3 is 2.38 bits per heavy atom. The summed E-state index contributed by atoms with van der Waals surface area (Å²) in [5.74, 6) is -0.600. The average molecular weight is 487 g/mol. The quantitative estimate of drug-likeness (QED) is 0.574. The number of aryl methyl sites for hydroxylation is 1. The van der Waals surface area contributed by atoms with Crippen LogP contribution in [-0.4, -0.2) is 60.6 Å². The second-order valence-electron chi connectivity index (χ2n) is 8.36. The number of sulfonamides is 1. The number of nitrogens with one attached hydrogen (secondary N) is 1. The molecular formula is C23H27FN6O3S. The fraction of sp³-hybridized carbons (Fsp3) is 0.348. The van der Waals surface area contributed by atoms with Gasteiger partial charge in [-0.2, -0.15) is 4.31 Å². The fourth-order valence-corrected chi connectivity index (χ4v) is 5.46. The van der Waals surface area contributed by atoms with Gasteiger partial charge in [0.05, 0.1) is 22.0 Å². The lowest BCUT2D eigenvalue weighted by Gasteiger charge is -2.26. The van der Waals surface area contributed by atoms with Gasteiger partial charge >= 0.3 is 0 Å². The molecule has 0 spiro atoms. The maximum atomic E-state index is 13.3. The highest BCUT2D eigenvalue weighted by molar-refractivity contribution is 7.89. The Kier molecular flexibility index (Phi) is 6.67. The van der Waals surface area contributed by atoms with Gasteiger partial charge in [-0.3, -0.25) is 4.79 Å². The van der Waals surface area contributed by atoms with Gasteiger partial charge in [-0.1, -0.05) is 6.42 Å². The van der Waals surface area contributed by atoms with E-state index in [-0.39, 0.29) is 16.5 Å². The van der Waals surface area contributed by atoms with Crippen molar-refractivity contribution in [3.63, 3.8) is 0 Å². The number of rotatable bonds is 6. The molecule has 1 aliphatic rings. The maximum Gasteiger partial charge on any atom is 0.295 e.